The molecule has 5 nitrogen and oxygen atoms in total. The fourth-order valence-electron chi connectivity index (χ4n) is 2.61. The maximum absolute atomic E-state index is 12.3. The number of anilines is 1. The molecule has 1 saturated heterocycles. The second-order valence-corrected chi connectivity index (χ2v) is 7.50. The number of carbonyl (C=O) groups is 1. The van der Waals surface area contributed by atoms with Gasteiger partial charge in [0.05, 0.1) is 7.11 Å². The third kappa shape index (κ3) is 4.42. The molecule has 7 heteroatoms. The molecule has 128 valence electrons. The molecular formula is C17H21N3O2S2. The quantitative estimate of drug-likeness (QED) is 0.739. The van der Waals surface area contributed by atoms with Crippen molar-refractivity contribution in [1.29, 1.82) is 0 Å². The van der Waals surface area contributed by atoms with Gasteiger partial charge >= 0.3 is 0 Å². The predicted octanol–water partition coefficient (Wildman–Crippen LogP) is 2.98. The van der Waals surface area contributed by atoms with Crippen molar-refractivity contribution in [3.63, 3.8) is 0 Å². The van der Waals surface area contributed by atoms with Crippen LogP contribution in [0.15, 0.2) is 40.7 Å². The predicted molar refractivity (Wildman–Crippen MR) is 99.2 cm³/mol. The lowest BCUT2D eigenvalue weighted by atomic mass is 10.3. The van der Waals surface area contributed by atoms with Crippen LogP contribution in [0, 0.1) is 0 Å². The number of aromatic nitrogens is 1. The lowest BCUT2D eigenvalue weighted by Gasteiger charge is -2.34. The van der Waals surface area contributed by atoms with E-state index in [1.165, 1.54) is 0 Å². The van der Waals surface area contributed by atoms with E-state index in [1.807, 2.05) is 40.7 Å². The number of thioether (sulfide) groups is 1. The van der Waals surface area contributed by atoms with E-state index in [4.69, 9.17) is 4.74 Å². The number of thiazole rings is 1. The molecule has 2 aromatic rings. The molecule has 1 fully saturated rings. The normalized spacial score (nSPS) is 14.7. The van der Waals surface area contributed by atoms with Gasteiger partial charge in [0.2, 0.25) is 5.91 Å². The van der Waals surface area contributed by atoms with E-state index in [0.29, 0.717) is 6.42 Å². The summed E-state index contributed by atoms with van der Waals surface area (Å²) in [5, 5.41) is 3.04. The molecule has 1 aliphatic rings. The van der Waals surface area contributed by atoms with Crippen molar-refractivity contribution in [1.82, 2.24) is 9.88 Å². The number of hydrogen-bond donors (Lipinski definition) is 0. The van der Waals surface area contributed by atoms with Crippen molar-refractivity contribution in [2.75, 3.05) is 43.9 Å². The average Bonchev–Trinajstić information content (AvgIpc) is 3.17. The van der Waals surface area contributed by atoms with Crippen LogP contribution >= 0.6 is 23.1 Å². The number of rotatable bonds is 6. The minimum Gasteiger partial charge on any atom is -0.497 e. The summed E-state index contributed by atoms with van der Waals surface area (Å²) in [6.45, 7) is 3.30. The molecule has 0 N–H and O–H groups in total. The number of carbonyl (C=O) groups excluding carboxylic acids is 1. The maximum Gasteiger partial charge on any atom is 0.223 e. The Bertz CT molecular complexity index is 638. The van der Waals surface area contributed by atoms with Gasteiger partial charge in [-0.2, -0.15) is 0 Å². The van der Waals surface area contributed by atoms with Crippen molar-refractivity contribution in [3.8, 4) is 5.75 Å². The van der Waals surface area contributed by atoms with E-state index in [-0.39, 0.29) is 5.91 Å². The van der Waals surface area contributed by atoms with E-state index >= 15 is 0 Å². The molecule has 0 saturated carbocycles. The number of amides is 1. The largest absolute Gasteiger partial charge is 0.497 e. The van der Waals surface area contributed by atoms with Gasteiger partial charge in [0, 0.05) is 54.8 Å². The number of ether oxygens (including phenoxy) is 1. The fraction of sp³-hybridized carbons (Fsp3) is 0.412. The van der Waals surface area contributed by atoms with E-state index in [9.17, 15) is 4.79 Å². The molecule has 2 heterocycles. The molecule has 1 aromatic carbocycles. The zero-order valence-electron chi connectivity index (χ0n) is 13.7. The molecule has 1 amide bonds. The van der Waals surface area contributed by atoms with E-state index in [0.717, 1.165) is 47.7 Å². The number of benzene rings is 1. The van der Waals surface area contributed by atoms with Gasteiger partial charge in [-0.05, 0) is 24.3 Å². The summed E-state index contributed by atoms with van der Waals surface area (Å²) in [4.78, 5) is 22.1. The third-order valence-electron chi connectivity index (χ3n) is 3.97. The maximum atomic E-state index is 12.3. The highest BCUT2D eigenvalue weighted by molar-refractivity contribution is 7.99. The molecule has 0 unspecified atom stereocenters. The second-order valence-electron chi connectivity index (χ2n) is 5.46. The Morgan fingerprint density at radius 2 is 2.00 bits per heavy atom. The topological polar surface area (TPSA) is 45.7 Å². The molecular weight excluding hydrogens is 342 g/mol. The van der Waals surface area contributed by atoms with E-state index < -0.39 is 0 Å². The van der Waals surface area contributed by atoms with E-state index in [1.54, 1.807) is 30.2 Å². The lowest BCUT2D eigenvalue weighted by Crippen LogP contribution is -2.48. The van der Waals surface area contributed by atoms with Gasteiger partial charge in [-0.3, -0.25) is 4.79 Å². The van der Waals surface area contributed by atoms with Crippen LogP contribution in [-0.4, -0.2) is 54.8 Å². The fourth-order valence-corrected chi connectivity index (χ4v) is 4.14. The van der Waals surface area contributed by atoms with Crippen LogP contribution < -0.4 is 9.64 Å². The summed E-state index contributed by atoms with van der Waals surface area (Å²) < 4.78 is 5.15. The molecule has 0 aliphatic carbocycles. The van der Waals surface area contributed by atoms with Crippen molar-refractivity contribution in [3.05, 3.63) is 35.8 Å². The molecule has 0 radical (unpaired) electrons. The van der Waals surface area contributed by atoms with Crippen LogP contribution in [0.4, 0.5) is 5.13 Å². The Kier molecular flexibility index (Phi) is 5.98. The Morgan fingerprint density at radius 3 is 2.62 bits per heavy atom. The average molecular weight is 364 g/mol. The summed E-state index contributed by atoms with van der Waals surface area (Å²) >= 11 is 3.36. The third-order valence-corrected chi connectivity index (χ3v) is 5.81. The highest BCUT2D eigenvalue weighted by Gasteiger charge is 2.21. The van der Waals surface area contributed by atoms with Crippen molar-refractivity contribution in [2.45, 2.75) is 11.3 Å². The first-order valence-electron chi connectivity index (χ1n) is 7.95. The van der Waals surface area contributed by atoms with Crippen LogP contribution in [0.1, 0.15) is 6.42 Å². The Balaban J connectivity index is 1.39. The van der Waals surface area contributed by atoms with Crippen LogP contribution in [-0.2, 0) is 4.79 Å². The smallest absolute Gasteiger partial charge is 0.223 e. The Hall–Kier alpha value is -1.73. The van der Waals surface area contributed by atoms with Crippen molar-refractivity contribution in [2.24, 2.45) is 0 Å². The number of hydrogen-bond acceptors (Lipinski definition) is 6. The first-order chi connectivity index (χ1) is 11.8. The summed E-state index contributed by atoms with van der Waals surface area (Å²) in [6, 6.07) is 7.95. The van der Waals surface area contributed by atoms with Gasteiger partial charge in [0.1, 0.15) is 5.75 Å². The number of methoxy groups -OCH3 is 1. The monoisotopic (exact) mass is 363 g/mol. The zero-order valence-corrected chi connectivity index (χ0v) is 15.3. The van der Waals surface area contributed by atoms with Crippen LogP contribution in [0.2, 0.25) is 0 Å². The van der Waals surface area contributed by atoms with Gasteiger partial charge in [0.25, 0.3) is 0 Å². The first kappa shape index (κ1) is 17.1. The number of nitrogens with zero attached hydrogens (tertiary/aromatic N) is 3. The molecule has 1 aromatic heterocycles. The summed E-state index contributed by atoms with van der Waals surface area (Å²) in [7, 11) is 1.66. The van der Waals surface area contributed by atoms with Gasteiger partial charge in [-0.1, -0.05) is 0 Å². The summed E-state index contributed by atoms with van der Waals surface area (Å²) in [5.74, 6) is 1.90. The highest BCUT2D eigenvalue weighted by atomic mass is 32.2. The molecule has 0 atom stereocenters. The molecule has 0 bridgehead atoms. The summed E-state index contributed by atoms with van der Waals surface area (Å²) in [6.07, 6.45) is 2.40. The standard InChI is InChI=1S/C17H21N3O2S2/c1-22-14-2-4-15(5-3-14)23-12-6-16(21)19-8-10-20(11-9-19)17-18-7-13-24-17/h2-5,7,13H,6,8-12H2,1H3. The van der Waals surface area contributed by atoms with Crippen LogP contribution in [0.3, 0.4) is 0 Å². The van der Waals surface area contributed by atoms with Crippen LogP contribution in [0.25, 0.3) is 0 Å². The lowest BCUT2D eigenvalue weighted by molar-refractivity contribution is -0.131. The van der Waals surface area contributed by atoms with Crippen LogP contribution in [0.5, 0.6) is 5.75 Å². The van der Waals surface area contributed by atoms with Crippen molar-refractivity contribution < 1.29 is 9.53 Å². The summed E-state index contributed by atoms with van der Waals surface area (Å²) in [5.41, 5.74) is 0. The number of piperazine rings is 1. The van der Waals surface area contributed by atoms with Gasteiger partial charge in [0.15, 0.2) is 5.13 Å². The Morgan fingerprint density at radius 1 is 1.25 bits per heavy atom. The minimum absolute atomic E-state index is 0.245. The minimum atomic E-state index is 0.245. The molecule has 1 aliphatic heterocycles. The second kappa shape index (κ2) is 8.39. The molecule has 24 heavy (non-hydrogen) atoms. The Labute approximate surface area is 150 Å². The van der Waals surface area contributed by atoms with Gasteiger partial charge in [-0.25, -0.2) is 4.98 Å². The molecule has 0 spiro atoms. The highest BCUT2D eigenvalue weighted by Crippen LogP contribution is 2.23. The van der Waals surface area contributed by atoms with Gasteiger partial charge < -0.3 is 14.5 Å². The zero-order chi connectivity index (χ0) is 16.8. The first-order valence-corrected chi connectivity index (χ1v) is 9.82. The van der Waals surface area contributed by atoms with Gasteiger partial charge in [-0.15, -0.1) is 23.1 Å². The molecule has 3 rings (SSSR count). The van der Waals surface area contributed by atoms with Crippen molar-refractivity contribution >= 4 is 34.1 Å². The SMILES string of the molecule is COc1ccc(SCCC(=O)N2CCN(c3nccs3)CC2)cc1. The van der Waals surface area contributed by atoms with E-state index in [2.05, 4.69) is 9.88 Å².